The van der Waals surface area contributed by atoms with Crippen LogP contribution in [0.5, 0.6) is 0 Å². The molecule has 102 valence electrons. The monoisotopic (exact) mass is 332 g/mol. The van der Waals surface area contributed by atoms with Gasteiger partial charge in [0, 0.05) is 36.0 Å². The number of pyridine rings is 1. The van der Waals surface area contributed by atoms with Crippen molar-refractivity contribution in [1.29, 1.82) is 0 Å². The lowest BCUT2D eigenvalue weighted by Crippen LogP contribution is -2.26. The quantitative estimate of drug-likeness (QED) is 0.770. The van der Waals surface area contributed by atoms with Crippen LogP contribution in [0.15, 0.2) is 47.3 Å². The number of rotatable bonds is 4. The maximum absolute atomic E-state index is 11.8. The average Bonchev–Trinajstić information content (AvgIpc) is 3.04. The van der Waals surface area contributed by atoms with Crippen LogP contribution in [0.25, 0.3) is 5.65 Å². The van der Waals surface area contributed by atoms with E-state index >= 15 is 0 Å². The number of nitrogens with zero attached hydrogens (tertiary/aromatic N) is 2. The zero-order valence-electron chi connectivity index (χ0n) is 10.6. The van der Waals surface area contributed by atoms with Gasteiger partial charge >= 0.3 is 0 Å². The molecule has 3 aromatic heterocycles. The van der Waals surface area contributed by atoms with Crippen LogP contribution in [0.4, 0.5) is 0 Å². The minimum atomic E-state index is -0.112. The van der Waals surface area contributed by atoms with Crippen molar-refractivity contribution in [2.75, 3.05) is 6.54 Å². The third-order valence-corrected chi connectivity index (χ3v) is 3.43. The number of fused-ring (bicyclic) bond motifs is 1. The summed E-state index contributed by atoms with van der Waals surface area (Å²) in [5.74, 6) is -0.112. The van der Waals surface area contributed by atoms with Crippen molar-refractivity contribution in [3.05, 3.63) is 58.7 Å². The molecule has 0 spiro atoms. The standard InChI is InChI=1S/C14H13BrN4O/c15-10-7-12(17-8-10)14(20)16-5-4-11-9-19-6-2-1-3-13(19)18-11/h1-3,6-9,17H,4-5H2,(H,16,20). The zero-order chi connectivity index (χ0) is 13.9. The van der Waals surface area contributed by atoms with Gasteiger partial charge in [0.1, 0.15) is 11.3 Å². The van der Waals surface area contributed by atoms with Crippen LogP contribution in [-0.2, 0) is 6.42 Å². The van der Waals surface area contributed by atoms with Crippen LogP contribution < -0.4 is 5.32 Å². The van der Waals surface area contributed by atoms with Gasteiger partial charge in [-0.1, -0.05) is 6.07 Å². The fourth-order valence-corrected chi connectivity index (χ4v) is 2.35. The van der Waals surface area contributed by atoms with Crippen molar-refractivity contribution < 1.29 is 4.79 Å². The number of H-pyrrole nitrogens is 1. The van der Waals surface area contributed by atoms with Crippen molar-refractivity contribution in [1.82, 2.24) is 19.7 Å². The first-order chi connectivity index (χ1) is 9.72. The largest absolute Gasteiger partial charge is 0.356 e. The summed E-state index contributed by atoms with van der Waals surface area (Å²) in [6.45, 7) is 0.555. The number of aromatic amines is 1. The molecule has 0 aliphatic rings. The van der Waals surface area contributed by atoms with Gasteiger partial charge in [0.25, 0.3) is 5.91 Å². The van der Waals surface area contributed by atoms with E-state index in [9.17, 15) is 4.79 Å². The van der Waals surface area contributed by atoms with Gasteiger partial charge in [-0.25, -0.2) is 4.98 Å². The van der Waals surface area contributed by atoms with Gasteiger partial charge in [-0.3, -0.25) is 4.79 Å². The fourth-order valence-electron chi connectivity index (χ4n) is 2.01. The minimum absolute atomic E-state index is 0.112. The summed E-state index contributed by atoms with van der Waals surface area (Å²) >= 11 is 3.30. The summed E-state index contributed by atoms with van der Waals surface area (Å²) in [4.78, 5) is 19.2. The summed E-state index contributed by atoms with van der Waals surface area (Å²) in [6.07, 6.45) is 6.37. The number of aromatic nitrogens is 3. The number of hydrogen-bond donors (Lipinski definition) is 2. The van der Waals surface area contributed by atoms with Crippen molar-refractivity contribution in [2.45, 2.75) is 6.42 Å². The van der Waals surface area contributed by atoms with Gasteiger partial charge < -0.3 is 14.7 Å². The van der Waals surface area contributed by atoms with Crippen LogP contribution in [0.2, 0.25) is 0 Å². The molecule has 3 heterocycles. The summed E-state index contributed by atoms with van der Waals surface area (Å²) in [5, 5.41) is 2.86. The molecule has 0 aliphatic carbocycles. The van der Waals surface area contributed by atoms with E-state index in [0.29, 0.717) is 18.7 Å². The van der Waals surface area contributed by atoms with E-state index in [0.717, 1.165) is 15.8 Å². The Morgan fingerprint density at radius 1 is 1.45 bits per heavy atom. The molecule has 1 amide bonds. The Kier molecular flexibility index (Phi) is 3.56. The molecule has 0 saturated carbocycles. The van der Waals surface area contributed by atoms with Crippen molar-refractivity contribution in [3.8, 4) is 0 Å². The molecule has 0 fully saturated rings. The second-order valence-electron chi connectivity index (χ2n) is 4.44. The van der Waals surface area contributed by atoms with Crippen LogP contribution in [0.1, 0.15) is 16.2 Å². The van der Waals surface area contributed by atoms with Gasteiger partial charge in [-0.05, 0) is 34.1 Å². The molecular formula is C14H13BrN4O. The topological polar surface area (TPSA) is 62.2 Å². The summed E-state index contributed by atoms with van der Waals surface area (Å²) in [6, 6.07) is 7.62. The highest BCUT2D eigenvalue weighted by atomic mass is 79.9. The molecule has 2 N–H and O–H groups in total. The maximum atomic E-state index is 11.8. The third kappa shape index (κ3) is 2.75. The van der Waals surface area contributed by atoms with Gasteiger partial charge in [-0.2, -0.15) is 0 Å². The molecule has 3 rings (SSSR count). The van der Waals surface area contributed by atoms with Crippen molar-refractivity contribution in [2.24, 2.45) is 0 Å². The number of carbonyl (C=O) groups is 1. The van der Waals surface area contributed by atoms with Crippen LogP contribution in [0, 0.1) is 0 Å². The Labute approximate surface area is 124 Å². The molecule has 0 bridgehead atoms. The molecule has 0 radical (unpaired) electrons. The predicted octanol–water partition coefficient (Wildman–Crippen LogP) is 2.40. The van der Waals surface area contributed by atoms with E-state index in [4.69, 9.17) is 0 Å². The number of nitrogens with one attached hydrogen (secondary N) is 2. The molecule has 5 nitrogen and oxygen atoms in total. The lowest BCUT2D eigenvalue weighted by Gasteiger charge is -2.01. The number of carbonyl (C=O) groups excluding carboxylic acids is 1. The SMILES string of the molecule is O=C(NCCc1cn2ccccc2n1)c1cc(Br)c[nH]1. The van der Waals surface area contributed by atoms with Crippen molar-refractivity contribution in [3.63, 3.8) is 0 Å². The number of hydrogen-bond acceptors (Lipinski definition) is 2. The molecule has 0 saturated heterocycles. The molecule has 0 aliphatic heterocycles. The second-order valence-corrected chi connectivity index (χ2v) is 5.35. The molecule has 6 heteroatoms. The molecule has 20 heavy (non-hydrogen) atoms. The van der Waals surface area contributed by atoms with Gasteiger partial charge in [-0.15, -0.1) is 0 Å². The zero-order valence-corrected chi connectivity index (χ0v) is 12.2. The Bertz CT molecular complexity index is 713. The first-order valence-corrected chi connectivity index (χ1v) is 7.06. The highest BCUT2D eigenvalue weighted by molar-refractivity contribution is 9.10. The molecule has 0 aromatic carbocycles. The van der Waals surface area contributed by atoms with Crippen LogP contribution in [0.3, 0.4) is 0 Å². The summed E-state index contributed by atoms with van der Waals surface area (Å²) < 4.78 is 2.84. The van der Waals surface area contributed by atoms with Crippen LogP contribution in [-0.4, -0.2) is 26.8 Å². The van der Waals surface area contributed by atoms with Crippen molar-refractivity contribution >= 4 is 27.5 Å². The minimum Gasteiger partial charge on any atom is -0.356 e. The fraction of sp³-hybridized carbons (Fsp3) is 0.143. The smallest absolute Gasteiger partial charge is 0.267 e. The Hall–Kier alpha value is -2.08. The van der Waals surface area contributed by atoms with Gasteiger partial charge in [0.15, 0.2) is 0 Å². The first-order valence-electron chi connectivity index (χ1n) is 6.27. The van der Waals surface area contributed by atoms with E-state index in [2.05, 4.69) is 31.2 Å². The lowest BCUT2D eigenvalue weighted by atomic mass is 10.3. The van der Waals surface area contributed by atoms with Crippen LogP contribution >= 0.6 is 15.9 Å². The van der Waals surface area contributed by atoms with E-state index in [1.54, 1.807) is 12.3 Å². The average molecular weight is 333 g/mol. The van der Waals surface area contributed by atoms with E-state index in [1.165, 1.54) is 0 Å². The van der Waals surface area contributed by atoms with Gasteiger partial charge in [0.2, 0.25) is 0 Å². The predicted molar refractivity (Wildman–Crippen MR) is 79.7 cm³/mol. The van der Waals surface area contributed by atoms with Gasteiger partial charge in [0.05, 0.1) is 5.69 Å². The lowest BCUT2D eigenvalue weighted by molar-refractivity contribution is 0.0949. The Morgan fingerprint density at radius 2 is 2.35 bits per heavy atom. The normalized spacial score (nSPS) is 10.8. The van der Waals surface area contributed by atoms with E-state index < -0.39 is 0 Å². The molecule has 0 unspecified atom stereocenters. The summed E-state index contributed by atoms with van der Waals surface area (Å²) in [5.41, 5.74) is 2.43. The summed E-state index contributed by atoms with van der Waals surface area (Å²) in [7, 11) is 0. The van der Waals surface area contributed by atoms with E-state index in [1.807, 2.05) is 35.0 Å². The molecule has 3 aromatic rings. The Balaban J connectivity index is 1.58. The highest BCUT2D eigenvalue weighted by Crippen LogP contribution is 2.10. The number of halogens is 1. The third-order valence-electron chi connectivity index (χ3n) is 2.97. The molecule has 0 atom stereocenters. The first kappa shape index (κ1) is 12.9. The van der Waals surface area contributed by atoms with E-state index in [-0.39, 0.29) is 5.91 Å². The molecular weight excluding hydrogens is 320 g/mol. The highest BCUT2D eigenvalue weighted by Gasteiger charge is 2.07. The Morgan fingerprint density at radius 3 is 3.10 bits per heavy atom. The number of imidazole rings is 1. The number of amides is 1. The maximum Gasteiger partial charge on any atom is 0.267 e. The second kappa shape index (κ2) is 5.50.